The highest BCUT2D eigenvalue weighted by Gasteiger charge is 2.38. The van der Waals surface area contributed by atoms with Crippen LogP contribution in [0.15, 0.2) is 39.9 Å². The van der Waals surface area contributed by atoms with Crippen LogP contribution in [0, 0.1) is 5.92 Å². The lowest BCUT2D eigenvalue weighted by Gasteiger charge is -2.42. The van der Waals surface area contributed by atoms with Crippen LogP contribution in [0.2, 0.25) is 0 Å². The molecule has 0 bridgehead atoms. The number of rotatable bonds is 11. The van der Waals surface area contributed by atoms with Crippen molar-refractivity contribution in [2.24, 2.45) is 5.92 Å². The predicted molar refractivity (Wildman–Crippen MR) is 138 cm³/mol. The molecule has 2 heterocycles. The molecule has 0 saturated heterocycles. The number of nitrogens with one attached hydrogen (secondary N) is 2. The fraction of sp³-hybridized carbons (Fsp3) is 0.556. The molecule has 1 aromatic carbocycles. The molecule has 8 nitrogen and oxygen atoms in total. The number of H-pyrrole nitrogens is 1. The van der Waals surface area contributed by atoms with Crippen molar-refractivity contribution < 1.29 is 4.79 Å². The van der Waals surface area contributed by atoms with Gasteiger partial charge in [-0.2, -0.15) is 0 Å². The van der Waals surface area contributed by atoms with Gasteiger partial charge in [-0.3, -0.25) is 19.1 Å². The van der Waals surface area contributed by atoms with Gasteiger partial charge in [-0.05, 0) is 30.7 Å². The Kier molecular flexibility index (Phi) is 7.57. The summed E-state index contributed by atoms with van der Waals surface area (Å²) in [5.74, 6) is 0.930. The molecule has 0 aliphatic heterocycles. The van der Waals surface area contributed by atoms with Crippen molar-refractivity contribution in [2.45, 2.75) is 84.2 Å². The summed E-state index contributed by atoms with van der Waals surface area (Å²) in [7, 11) is 0. The number of imidazole rings is 1. The van der Waals surface area contributed by atoms with Crippen LogP contribution in [0.5, 0.6) is 0 Å². The molecule has 2 N–H and O–H groups in total. The van der Waals surface area contributed by atoms with Gasteiger partial charge in [0, 0.05) is 37.9 Å². The van der Waals surface area contributed by atoms with Crippen LogP contribution in [-0.4, -0.2) is 31.6 Å². The summed E-state index contributed by atoms with van der Waals surface area (Å²) in [6.45, 7) is 7.94. The summed E-state index contributed by atoms with van der Waals surface area (Å²) < 4.78 is 3.45. The number of aromatic amines is 1. The number of benzene rings is 1. The fourth-order valence-corrected chi connectivity index (χ4v) is 5.04. The van der Waals surface area contributed by atoms with E-state index in [1.165, 1.54) is 12.0 Å². The third kappa shape index (κ3) is 5.26. The monoisotopic (exact) mass is 479 g/mol. The van der Waals surface area contributed by atoms with E-state index in [1.54, 1.807) is 4.57 Å². The van der Waals surface area contributed by atoms with Crippen LogP contribution in [0.1, 0.15) is 70.7 Å². The maximum atomic E-state index is 12.8. The maximum Gasteiger partial charge on any atom is 0.330 e. The number of aromatic nitrogens is 4. The highest BCUT2D eigenvalue weighted by Crippen LogP contribution is 2.43. The molecule has 188 valence electrons. The SMILES string of the molecule is CCCCn1c(=O)[nH]c(=O)c2c1nc(CCC(=O)NCC1(c3ccccc3)CCC1)n2CC(C)C. The summed E-state index contributed by atoms with van der Waals surface area (Å²) in [5.41, 5.74) is 1.31. The van der Waals surface area contributed by atoms with E-state index in [2.05, 4.69) is 55.3 Å². The second-order valence-corrected chi connectivity index (χ2v) is 10.2. The molecule has 1 fully saturated rings. The van der Waals surface area contributed by atoms with Gasteiger partial charge in [0.2, 0.25) is 5.91 Å². The molecule has 1 amide bonds. The van der Waals surface area contributed by atoms with E-state index in [4.69, 9.17) is 4.98 Å². The molecule has 0 spiro atoms. The molecule has 8 heteroatoms. The molecule has 4 rings (SSSR count). The van der Waals surface area contributed by atoms with Crippen LogP contribution in [0.25, 0.3) is 11.2 Å². The lowest BCUT2D eigenvalue weighted by Crippen LogP contribution is -2.45. The van der Waals surface area contributed by atoms with Gasteiger partial charge in [0.15, 0.2) is 11.2 Å². The van der Waals surface area contributed by atoms with Crippen molar-refractivity contribution in [2.75, 3.05) is 6.54 Å². The second-order valence-electron chi connectivity index (χ2n) is 10.2. The molecule has 0 unspecified atom stereocenters. The van der Waals surface area contributed by atoms with Crippen LogP contribution in [0.4, 0.5) is 0 Å². The Labute approximate surface area is 205 Å². The third-order valence-electron chi connectivity index (χ3n) is 7.14. The zero-order valence-electron chi connectivity index (χ0n) is 21.1. The molecule has 35 heavy (non-hydrogen) atoms. The molecule has 3 aromatic rings. The summed E-state index contributed by atoms with van der Waals surface area (Å²) in [4.78, 5) is 45.3. The van der Waals surface area contributed by atoms with E-state index in [0.29, 0.717) is 43.0 Å². The second kappa shape index (κ2) is 10.6. The first kappa shape index (κ1) is 24.9. The Balaban J connectivity index is 1.53. The molecule has 0 atom stereocenters. The third-order valence-corrected chi connectivity index (χ3v) is 7.14. The van der Waals surface area contributed by atoms with E-state index >= 15 is 0 Å². The smallest absolute Gasteiger partial charge is 0.330 e. The van der Waals surface area contributed by atoms with E-state index in [-0.39, 0.29) is 23.7 Å². The van der Waals surface area contributed by atoms with Gasteiger partial charge >= 0.3 is 5.69 Å². The van der Waals surface area contributed by atoms with Crippen LogP contribution in [-0.2, 0) is 29.7 Å². The normalized spacial score (nSPS) is 14.9. The zero-order valence-corrected chi connectivity index (χ0v) is 21.1. The molecular formula is C27H37N5O3. The van der Waals surface area contributed by atoms with E-state index in [0.717, 1.165) is 25.7 Å². The summed E-state index contributed by atoms with van der Waals surface area (Å²) >= 11 is 0. The van der Waals surface area contributed by atoms with E-state index in [1.807, 2.05) is 10.6 Å². The van der Waals surface area contributed by atoms with Crippen LogP contribution in [0.3, 0.4) is 0 Å². The lowest BCUT2D eigenvalue weighted by molar-refractivity contribution is -0.121. The first-order valence-corrected chi connectivity index (χ1v) is 12.9. The van der Waals surface area contributed by atoms with Crippen molar-refractivity contribution in [3.63, 3.8) is 0 Å². The van der Waals surface area contributed by atoms with Gasteiger partial charge in [-0.15, -0.1) is 0 Å². The minimum Gasteiger partial charge on any atom is -0.355 e. The van der Waals surface area contributed by atoms with Crippen molar-refractivity contribution in [1.82, 2.24) is 24.4 Å². The van der Waals surface area contributed by atoms with Gasteiger partial charge in [-0.1, -0.05) is 63.9 Å². The van der Waals surface area contributed by atoms with Crippen molar-refractivity contribution in [1.29, 1.82) is 0 Å². The van der Waals surface area contributed by atoms with Crippen molar-refractivity contribution >= 4 is 17.1 Å². The van der Waals surface area contributed by atoms with Gasteiger partial charge in [0.25, 0.3) is 5.56 Å². The highest BCUT2D eigenvalue weighted by molar-refractivity contribution is 5.76. The fourth-order valence-electron chi connectivity index (χ4n) is 5.04. The largest absolute Gasteiger partial charge is 0.355 e. The zero-order chi connectivity index (χ0) is 25.0. The Hall–Kier alpha value is -3.16. The number of unbranched alkanes of at least 4 members (excludes halogenated alkanes) is 1. The Morgan fingerprint density at radius 3 is 2.54 bits per heavy atom. The van der Waals surface area contributed by atoms with E-state index < -0.39 is 11.2 Å². The van der Waals surface area contributed by atoms with Crippen LogP contribution >= 0.6 is 0 Å². The maximum absolute atomic E-state index is 12.8. The molecule has 0 radical (unpaired) electrons. The number of nitrogens with zero attached hydrogens (tertiary/aromatic N) is 3. The minimum absolute atomic E-state index is 0.0207. The number of fused-ring (bicyclic) bond motifs is 1. The molecule has 1 aliphatic rings. The minimum atomic E-state index is -0.429. The topological polar surface area (TPSA) is 102 Å². The number of carbonyl (C=O) groups excluding carboxylic acids is 1. The average Bonchev–Trinajstić information content (AvgIpc) is 3.15. The van der Waals surface area contributed by atoms with Gasteiger partial charge < -0.3 is 9.88 Å². The molecular weight excluding hydrogens is 442 g/mol. The van der Waals surface area contributed by atoms with E-state index in [9.17, 15) is 14.4 Å². The van der Waals surface area contributed by atoms with Gasteiger partial charge in [0.1, 0.15) is 5.82 Å². The first-order chi connectivity index (χ1) is 16.8. The quantitative estimate of drug-likeness (QED) is 0.439. The molecule has 1 aliphatic carbocycles. The van der Waals surface area contributed by atoms with Crippen molar-refractivity contribution in [3.8, 4) is 0 Å². The number of amides is 1. The Bertz CT molecular complexity index is 1280. The number of hydrogen-bond donors (Lipinski definition) is 2. The first-order valence-electron chi connectivity index (χ1n) is 12.9. The van der Waals surface area contributed by atoms with Gasteiger partial charge in [0.05, 0.1) is 0 Å². The van der Waals surface area contributed by atoms with Gasteiger partial charge in [-0.25, -0.2) is 9.78 Å². The summed E-state index contributed by atoms with van der Waals surface area (Å²) in [5, 5.41) is 3.15. The highest BCUT2D eigenvalue weighted by atomic mass is 16.2. The standard InChI is InChI=1S/C27H37N5O3/c1-4-5-16-31-24-23(25(34)30-26(31)35)32(17-19(2)3)21(29-24)12-13-22(33)28-18-27(14-9-15-27)20-10-7-6-8-11-20/h6-8,10-11,19H,4-5,9,12-18H2,1-3H3,(H,28,33)(H,30,34,35). The average molecular weight is 480 g/mol. The molecule has 2 aromatic heterocycles. The number of carbonyl (C=O) groups is 1. The summed E-state index contributed by atoms with van der Waals surface area (Å²) in [6.07, 6.45) is 5.78. The Morgan fingerprint density at radius 2 is 1.91 bits per heavy atom. The number of hydrogen-bond acceptors (Lipinski definition) is 4. The lowest BCUT2D eigenvalue weighted by atomic mass is 9.64. The predicted octanol–water partition coefficient (Wildman–Crippen LogP) is 3.51. The van der Waals surface area contributed by atoms with Crippen molar-refractivity contribution in [3.05, 3.63) is 62.6 Å². The Morgan fingerprint density at radius 1 is 1.17 bits per heavy atom. The summed E-state index contributed by atoms with van der Waals surface area (Å²) in [6, 6.07) is 10.4. The van der Waals surface area contributed by atoms with Crippen LogP contribution < -0.4 is 16.6 Å². The number of aryl methyl sites for hydroxylation is 2. The molecule has 1 saturated carbocycles.